The fourth-order valence-electron chi connectivity index (χ4n) is 2.90. The molecule has 0 atom stereocenters. The highest BCUT2D eigenvalue weighted by Gasteiger charge is 2.14. The van der Waals surface area contributed by atoms with Gasteiger partial charge in [0.25, 0.3) is 0 Å². The first-order valence-corrected chi connectivity index (χ1v) is 8.91. The normalized spacial score (nSPS) is 10.4. The number of carboxylic acid groups (broad SMARTS) is 1. The van der Waals surface area contributed by atoms with E-state index in [1.807, 2.05) is 73.7 Å². The Kier molecular flexibility index (Phi) is 6.10. The molecule has 0 spiro atoms. The molecular weight excluding hydrogens is 340 g/mol. The highest BCUT2D eigenvalue weighted by molar-refractivity contribution is 5.78. The quantitative estimate of drug-likeness (QED) is 0.615. The van der Waals surface area contributed by atoms with Crippen molar-refractivity contribution in [2.45, 2.75) is 20.0 Å². The zero-order chi connectivity index (χ0) is 19.1. The van der Waals surface area contributed by atoms with Crippen LogP contribution in [0.1, 0.15) is 18.1 Å². The summed E-state index contributed by atoms with van der Waals surface area (Å²) in [6.07, 6.45) is -0.0389. The molecule has 3 aromatic carbocycles. The van der Waals surface area contributed by atoms with Gasteiger partial charge in [0.2, 0.25) is 0 Å². The first-order chi connectivity index (χ1) is 13.2. The maximum Gasteiger partial charge on any atom is 0.307 e. The van der Waals surface area contributed by atoms with E-state index in [0.29, 0.717) is 19.0 Å². The molecule has 0 amide bonds. The molecule has 0 unspecified atom stereocenters. The van der Waals surface area contributed by atoms with Gasteiger partial charge in [0.05, 0.1) is 13.0 Å². The number of carbonyl (C=O) groups is 1. The fourth-order valence-corrected chi connectivity index (χ4v) is 2.90. The van der Waals surface area contributed by atoms with Crippen LogP contribution in [0.25, 0.3) is 11.1 Å². The van der Waals surface area contributed by atoms with Gasteiger partial charge in [-0.25, -0.2) is 0 Å². The van der Waals surface area contributed by atoms with E-state index in [4.69, 9.17) is 14.6 Å². The summed E-state index contributed by atoms with van der Waals surface area (Å²) in [5.74, 6) is 0.578. The zero-order valence-electron chi connectivity index (χ0n) is 15.2. The highest BCUT2D eigenvalue weighted by Crippen LogP contribution is 2.37. The Morgan fingerprint density at radius 3 is 2.26 bits per heavy atom. The second-order valence-electron chi connectivity index (χ2n) is 6.10. The summed E-state index contributed by atoms with van der Waals surface area (Å²) in [5.41, 5.74) is 3.50. The lowest BCUT2D eigenvalue weighted by Crippen LogP contribution is -2.02. The van der Waals surface area contributed by atoms with Crippen molar-refractivity contribution in [1.82, 2.24) is 0 Å². The van der Waals surface area contributed by atoms with Crippen molar-refractivity contribution in [2.24, 2.45) is 0 Å². The van der Waals surface area contributed by atoms with Crippen molar-refractivity contribution in [1.29, 1.82) is 0 Å². The summed E-state index contributed by atoms with van der Waals surface area (Å²) in [7, 11) is 0. The standard InChI is InChI=1S/C23H22O4/c1-2-26-21-11-7-6-10-19(21)20-14-18(15-23(24)25)12-13-22(20)27-16-17-8-4-3-5-9-17/h3-14H,2,15-16H2,1H3,(H,24,25). The molecule has 0 saturated heterocycles. The van der Waals surface area contributed by atoms with Crippen molar-refractivity contribution < 1.29 is 19.4 Å². The predicted octanol–water partition coefficient (Wildman–Crippen LogP) is 4.96. The number of ether oxygens (including phenoxy) is 2. The van der Waals surface area contributed by atoms with Crippen LogP contribution in [0.5, 0.6) is 11.5 Å². The Labute approximate surface area is 159 Å². The molecule has 0 saturated carbocycles. The van der Waals surface area contributed by atoms with Gasteiger partial charge in [-0.1, -0.05) is 54.6 Å². The molecule has 27 heavy (non-hydrogen) atoms. The summed E-state index contributed by atoms with van der Waals surface area (Å²) in [6, 6.07) is 23.1. The molecule has 0 aliphatic carbocycles. The molecule has 0 aromatic heterocycles. The summed E-state index contributed by atoms with van der Waals surface area (Å²) in [4.78, 5) is 11.1. The number of hydrogen-bond donors (Lipinski definition) is 1. The first-order valence-electron chi connectivity index (χ1n) is 8.91. The van der Waals surface area contributed by atoms with Crippen LogP contribution >= 0.6 is 0 Å². The number of rotatable bonds is 8. The molecule has 1 N–H and O–H groups in total. The minimum absolute atomic E-state index is 0.0389. The molecule has 0 aliphatic heterocycles. The predicted molar refractivity (Wildman–Crippen MR) is 105 cm³/mol. The average Bonchev–Trinajstić information content (AvgIpc) is 2.68. The van der Waals surface area contributed by atoms with Gasteiger partial charge in [0.15, 0.2) is 0 Å². The largest absolute Gasteiger partial charge is 0.493 e. The lowest BCUT2D eigenvalue weighted by Gasteiger charge is -2.16. The SMILES string of the molecule is CCOc1ccccc1-c1cc(CC(=O)O)ccc1OCc1ccccc1. The van der Waals surface area contributed by atoms with E-state index in [1.54, 1.807) is 6.07 Å². The van der Waals surface area contributed by atoms with Crippen LogP contribution in [0.2, 0.25) is 0 Å². The molecule has 3 aromatic rings. The van der Waals surface area contributed by atoms with Crippen LogP contribution in [0, 0.1) is 0 Å². The molecule has 0 radical (unpaired) electrons. The lowest BCUT2D eigenvalue weighted by atomic mass is 9.99. The van der Waals surface area contributed by atoms with E-state index >= 15 is 0 Å². The average molecular weight is 362 g/mol. The lowest BCUT2D eigenvalue weighted by molar-refractivity contribution is -0.136. The van der Waals surface area contributed by atoms with E-state index in [9.17, 15) is 4.79 Å². The van der Waals surface area contributed by atoms with Crippen LogP contribution in [0.3, 0.4) is 0 Å². The third-order valence-electron chi connectivity index (χ3n) is 4.11. The van der Waals surface area contributed by atoms with Crippen LogP contribution < -0.4 is 9.47 Å². The monoisotopic (exact) mass is 362 g/mol. The maximum absolute atomic E-state index is 11.1. The number of hydrogen-bond acceptors (Lipinski definition) is 3. The zero-order valence-corrected chi connectivity index (χ0v) is 15.2. The summed E-state index contributed by atoms with van der Waals surface area (Å²) in [5, 5.41) is 9.13. The Morgan fingerprint density at radius 1 is 0.815 bits per heavy atom. The van der Waals surface area contributed by atoms with Crippen molar-refractivity contribution in [2.75, 3.05) is 6.61 Å². The molecule has 3 rings (SSSR count). The molecule has 4 nitrogen and oxygen atoms in total. The van der Waals surface area contributed by atoms with Crippen LogP contribution in [0.15, 0.2) is 72.8 Å². The van der Waals surface area contributed by atoms with Crippen molar-refractivity contribution in [3.8, 4) is 22.6 Å². The Bertz CT molecular complexity index is 903. The first kappa shape index (κ1) is 18.5. The van der Waals surface area contributed by atoms with Gasteiger partial charge in [0, 0.05) is 11.1 Å². The van der Waals surface area contributed by atoms with Gasteiger partial charge in [-0.2, -0.15) is 0 Å². The Morgan fingerprint density at radius 2 is 1.52 bits per heavy atom. The smallest absolute Gasteiger partial charge is 0.307 e. The van der Waals surface area contributed by atoms with Crippen LogP contribution in [-0.4, -0.2) is 17.7 Å². The highest BCUT2D eigenvalue weighted by atomic mass is 16.5. The van der Waals surface area contributed by atoms with Crippen molar-refractivity contribution in [3.05, 3.63) is 83.9 Å². The number of aliphatic carboxylic acids is 1. The van der Waals surface area contributed by atoms with E-state index in [-0.39, 0.29) is 6.42 Å². The van der Waals surface area contributed by atoms with E-state index in [1.165, 1.54) is 0 Å². The van der Waals surface area contributed by atoms with Crippen molar-refractivity contribution >= 4 is 5.97 Å². The summed E-state index contributed by atoms with van der Waals surface area (Å²) >= 11 is 0. The molecule has 0 heterocycles. The minimum atomic E-state index is -0.864. The van der Waals surface area contributed by atoms with Crippen molar-refractivity contribution in [3.63, 3.8) is 0 Å². The van der Waals surface area contributed by atoms with Gasteiger partial charge in [-0.3, -0.25) is 4.79 Å². The minimum Gasteiger partial charge on any atom is -0.493 e. The van der Waals surface area contributed by atoms with Gasteiger partial charge < -0.3 is 14.6 Å². The third-order valence-corrected chi connectivity index (χ3v) is 4.11. The Hall–Kier alpha value is -3.27. The van der Waals surface area contributed by atoms with Gasteiger partial charge in [0.1, 0.15) is 18.1 Å². The van der Waals surface area contributed by atoms with Gasteiger partial charge in [-0.15, -0.1) is 0 Å². The molecular formula is C23H22O4. The van der Waals surface area contributed by atoms with Crippen LogP contribution in [-0.2, 0) is 17.8 Å². The third kappa shape index (κ3) is 4.88. The molecule has 138 valence electrons. The summed E-state index contributed by atoms with van der Waals surface area (Å²) < 4.78 is 11.8. The number of benzene rings is 3. The van der Waals surface area contributed by atoms with E-state index in [2.05, 4.69) is 0 Å². The number of carboxylic acids is 1. The molecule has 4 heteroatoms. The Balaban J connectivity index is 1.98. The topological polar surface area (TPSA) is 55.8 Å². The van der Waals surface area contributed by atoms with E-state index in [0.717, 1.165) is 28.0 Å². The molecule has 0 fully saturated rings. The van der Waals surface area contributed by atoms with Gasteiger partial charge >= 0.3 is 5.97 Å². The second-order valence-corrected chi connectivity index (χ2v) is 6.10. The van der Waals surface area contributed by atoms with Crippen LogP contribution in [0.4, 0.5) is 0 Å². The molecule has 0 bridgehead atoms. The number of para-hydroxylation sites is 1. The fraction of sp³-hybridized carbons (Fsp3) is 0.174. The van der Waals surface area contributed by atoms with Gasteiger partial charge in [-0.05, 0) is 36.2 Å². The second kappa shape index (κ2) is 8.90. The molecule has 0 aliphatic rings. The van der Waals surface area contributed by atoms with E-state index < -0.39 is 5.97 Å². The maximum atomic E-state index is 11.1. The summed E-state index contributed by atoms with van der Waals surface area (Å²) in [6.45, 7) is 2.92.